The maximum absolute atomic E-state index is 11.4. The highest BCUT2D eigenvalue weighted by atomic mass is 16.5. The van der Waals surface area contributed by atoms with Crippen LogP contribution in [0.2, 0.25) is 0 Å². The summed E-state index contributed by atoms with van der Waals surface area (Å²) in [6.07, 6.45) is 0. The molecule has 0 bridgehead atoms. The Balaban J connectivity index is 2.35. The second-order valence-electron chi connectivity index (χ2n) is 3.90. The normalized spacial score (nSPS) is 13.5. The number of amides is 1. The van der Waals surface area contributed by atoms with Gasteiger partial charge in [0.25, 0.3) is 0 Å². The Morgan fingerprint density at radius 2 is 2.28 bits per heavy atom. The van der Waals surface area contributed by atoms with E-state index in [9.17, 15) is 9.59 Å². The third-order valence-corrected chi connectivity index (χ3v) is 2.79. The first kappa shape index (κ1) is 12.2. The Morgan fingerprint density at radius 1 is 1.50 bits per heavy atom. The number of nitrogens with zero attached hydrogens (tertiary/aromatic N) is 1. The number of benzene rings is 1. The van der Waals surface area contributed by atoms with Crippen LogP contribution >= 0.6 is 0 Å². The molecule has 0 saturated carbocycles. The van der Waals surface area contributed by atoms with Gasteiger partial charge in [-0.25, -0.2) is 4.79 Å². The van der Waals surface area contributed by atoms with Crippen molar-refractivity contribution in [3.63, 3.8) is 0 Å². The SMILES string of the molecule is CNC(=O)CN1CCOc2c(C(=O)O)cccc21. The Morgan fingerprint density at radius 3 is 2.94 bits per heavy atom. The third kappa shape index (κ3) is 2.22. The van der Waals surface area contributed by atoms with Crippen LogP contribution in [0.4, 0.5) is 5.69 Å². The summed E-state index contributed by atoms with van der Waals surface area (Å²) < 4.78 is 5.41. The number of ether oxygens (including phenoxy) is 1. The van der Waals surface area contributed by atoms with Gasteiger partial charge in [-0.3, -0.25) is 4.79 Å². The smallest absolute Gasteiger partial charge is 0.339 e. The number of carbonyl (C=O) groups excluding carboxylic acids is 1. The first-order chi connectivity index (χ1) is 8.63. The predicted octanol–water partition coefficient (Wildman–Crippen LogP) is 0.330. The third-order valence-electron chi connectivity index (χ3n) is 2.79. The topological polar surface area (TPSA) is 78.9 Å². The van der Waals surface area contributed by atoms with Crippen LogP contribution in [0.25, 0.3) is 0 Å². The summed E-state index contributed by atoms with van der Waals surface area (Å²) in [5.74, 6) is -0.822. The fraction of sp³-hybridized carbons (Fsp3) is 0.333. The number of carboxylic acids is 1. The van der Waals surface area contributed by atoms with Crippen LogP contribution in [0.1, 0.15) is 10.4 Å². The van der Waals surface area contributed by atoms with Gasteiger partial charge in [-0.1, -0.05) is 6.07 Å². The number of para-hydroxylation sites is 1. The molecule has 96 valence electrons. The minimum atomic E-state index is -1.03. The molecule has 0 spiro atoms. The minimum absolute atomic E-state index is 0.120. The molecule has 6 nitrogen and oxygen atoms in total. The van der Waals surface area contributed by atoms with E-state index >= 15 is 0 Å². The van der Waals surface area contributed by atoms with Crippen molar-refractivity contribution in [2.75, 3.05) is 31.6 Å². The zero-order valence-corrected chi connectivity index (χ0v) is 9.97. The highest BCUT2D eigenvalue weighted by Crippen LogP contribution is 2.34. The average Bonchev–Trinajstić information content (AvgIpc) is 2.38. The number of anilines is 1. The highest BCUT2D eigenvalue weighted by Gasteiger charge is 2.24. The number of hydrogen-bond donors (Lipinski definition) is 2. The molecule has 0 aromatic heterocycles. The second kappa shape index (κ2) is 4.95. The van der Waals surface area contributed by atoms with Crippen molar-refractivity contribution in [1.82, 2.24) is 5.32 Å². The lowest BCUT2D eigenvalue weighted by atomic mass is 10.1. The average molecular weight is 250 g/mol. The van der Waals surface area contributed by atoms with Crippen LogP contribution in [0.3, 0.4) is 0 Å². The molecule has 0 radical (unpaired) electrons. The molecule has 0 aliphatic carbocycles. The molecule has 1 heterocycles. The summed E-state index contributed by atoms with van der Waals surface area (Å²) in [5, 5.41) is 11.6. The molecule has 1 amide bonds. The number of carboxylic acid groups (broad SMARTS) is 1. The molecule has 0 unspecified atom stereocenters. The Bertz CT molecular complexity index is 487. The van der Waals surface area contributed by atoms with Crippen molar-refractivity contribution >= 4 is 17.6 Å². The van der Waals surface area contributed by atoms with Gasteiger partial charge >= 0.3 is 5.97 Å². The van der Waals surface area contributed by atoms with E-state index in [0.29, 0.717) is 24.6 Å². The van der Waals surface area contributed by atoms with Crippen LogP contribution < -0.4 is 15.0 Å². The molecule has 0 fully saturated rings. The van der Waals surface area contributed by atoms with Crippen molar-refractivity contribution in [1.29, 1.82) is 0 Å². The van der Waals surface area contributed by atoms with Gasteiger partial charge < -0.3 is 20.1 Å². The molecule has 0 saturated heterocycles. The largest absolute Gasteiger partial charge is 0.489 e. The van der Waals surface area contributed by atoms with Crippen molar-refractivity contribution < 1.29 is 19.4 Å². The maximum Gasteiger partial charge on any atom is 0.339 e. The summed E-state index contributed by atoms with van der Waals surface area (Å²) in [4.78, 5) is 24.3. The number of aromatic carboxylic acids is 1. The van der Waals surface area contributed by atoms with E-state index in [-0.39, 0.29) is 18.0 Å². The summed E-state index contributed by atoms with van der Waals surface area (Å²) in [6.45, 7) is 1.12. The lowest BCUT2D eigenvalue weighted by molar-refractivity contribution is -0.119. The van der Waals surface area contributed by atoms with Gasteiger partial charge in [0.1, 0.15) is 12.2 Å². The molecule has 1 aliphatic heterocycles. The number of fused-ring (bicyclic) bond motifs is 1. The van der Waals surface area contributed by atoms with Gasteiger partial charge in [0.2, 0.25) is 5.91 Å². The number of rotatable bonds is 3. The summed E-state index contributed by atoms with van der Waals surface area (Å²) >= 11 is 0. The number of carbonyl (C=O) groups is 2. The fourth-order valence-electron chi connectivity index (χ4n) is 1.89. The molecule has 1 aromatic carbocycles. The highest BCUT2D eigenvalue weighted by molar-refractivity contribution is 5.94. The summed E-state index contributed by atoms with van der Waals surface area (Å²) in [5.41, 5.74) is 0.763. The lowest BCUT2D eigenvalue weighted by Crippen LogP contribution is -2.40. The predicted molar refractivity (Wildman–Crippen MR) is 65.2 cm³/mol. The zero-order valence-electron chi connectivity index (χ0n) is 9.97. The molecular formula is C12H14N2O4. The van der Waals surface area contributed by atoms with Crippen LogP contribution in [0, 0.1) is 0 Å². The number of nitrogens with one attached hydrogen (secondary N) is 1. The van der Waals surface area contributed by atoms with Gasteiger partial charge in [0.15, 0.2) is 5.75 Å². The molecule has 0 atom stereocenters. The molecule has 1 aliphatic rings. The van der Waals surface area contributed by atoms with E-state index in [0.717, 1.165) is 0 Å². The van der Waals surface area contributed by atoms with E-state index < -0.39 is 5.97 Å². The Labute approximate surface area is 104 Å². The molecule has 1 aromatic rings. The fourth-order valence-corrected chi connectivity index (χ4v) is 1.89. The zero-order chi connectivity index (χ0) is 13.1. The van der Waals surface area contributed by atoms with Gasteiger partial charge in [-0.15, -0.1) is 0 Å². The lowest BCUT2D eigenvalue weighted by Gasteiger charge is -2.31. The molecule has 2 N–H and O–H groups in total. The van der Waals surface area contributed by atoms with Gasteiger partial charge in [0.05, 0.1) is 18.8 Å². The van der Waals surface area contributed by atoms with Crippen molar-refractivity contribution in [2.45, 2.75) is 0 Å². The van der Waals surface area contributed by atoms with Crippen LogP contribution in [0.15, 0.2) is 18.2 Å². The first-order valence-corrected chi connectivity index (χ1v) is 5.58. The van der Waals surface area contributed by atoms with Crippen molar-refractivity contribution in [2.24, 2.45) is 0 Å². The number of hydrogen-bond acceptors (Lipinski definition) is 4. The minimum Gasteiger partial charge on any atom is -0.489 e. The Kier molecular flexibility index (Phi) is 3.36. The van der Waals surface area contributed by atoms with Crippen molar-refractivity contribution in [3.8, 4) is 5.75 Å². The first-order valence-electron chi connectivity index (χ1n) is 5.58. The molecule has 6 heteroatoms. The van der Waals surface area contributed by atoms with Crippen LogP contribution in [-0.2, 0) is 4.79 Å². The van der Waals surface area contributed by atoms with E-state index in [2.05, 4.69) is 5.32 Å². The summed E-state index contributed by atoms with van der Waals surface area (Å²) in [7, 11) is 1.57. The standard InChI is InChI=1S/C12H14N2O4/c1-13-10(15)7-14-5-6-18-11-8(12(16)17)3-2-4-9(11)14/h2-4H,5-7H2,1H3,(H,13,15)(H,16,17). The maximum atomic E-state index is 11.4. The Hall–Kier alpha value is -2.24. The van der Waals surface area contributed by atoms with E-state index in [1.165, 1.54) is 6.07 Å². The van der Waals surface area contributed by atoms with Crippen LogP contribution in [-0.4, -0.2) is 43.7 Å². The van der Waals surface area contributed by atoms with Gasteiger partial charge in [-0.05, 0) is 12.1 Å². The molecule has 18 heavy (non-hydrogen) atoms. The molecular weight excluding hydrogens is 236 g/mol. The second-order valence-corrected chi connectivity index (χ2v) is 3.90. The monoisotopic (exact) mass is 250 g/mol. The van der Waals surface area contributed by atoms with Crippen LogP contribution in [0.5, 0.6) is 5.75 Å². The van der Waals surface area contributed by atoms with E-state index in [1.807, 2.05) is 4.90 Å². The van der Waals surface area contributed by atoms with Crippen molar-refractivity contribution in [3.05, 3.63) is 23.8 Å². The van der Waals surface area contributed by atoms with Gasteiger partial charge in [0, 0.05) is 7.05 Å². The van der Waals surface area contributed by atoms with Gasteiger partial charge in [-0.2, -0.15) is 0 Å². The molecule has 2 rings (SSSR count). The van der Waals surface area contributed by atoms with E-state index in [4.69, 9.17) is 9.84 Å². The number of likely N-dealkylation sites (N-methyl/N-ethyl adjacent to an activating group) is 1. The van der Waals surface area contributed by atoms with E-state index in [1.54, 1.807) is 19.2 Å². The summed E-state index contributed by atoms with van der Waals surface area (Å²) in [6, 6.07) is 4.89. The quantitative estimate of drug-likeness (QED) is 0.808.